The van der Waals surface area contributed by atoms with Gasteiger partial charge in [0.1, 0.15) is 5.75 Å². The third-order valence-electron chi connectivity index (χ3n) is 4.20. The zero-order valence-corrected chi connectivity index (χ0v) is 14.0. The molecule has 2 unspecified atom stereocenters. The maximum absolute atomic E-state index is 12.6. The van der Waals surface area contributed by atoms with E-state index in [9.17, 15) is 4.21 Å². The van der Waals surface area contributed by atoms with Crippen LogP contribution >= 0.6 is 0 Å². The van der Waals surface area contributed by atoms with Crippen molar-refractivity contribution in [3.8, 4) is 5.75 Å². The number of ether oxygens (including phenoxy) is 1. The van der Waals surface area contributed by atoms with Crippen LogP contribution in [0.3, 0.4) is 0 Å². The fourth-order valence-corrected chi connectivity index (χ4v) is 4.76. The molecule has 0 aromatic heterocycles. The lowest BCUT2D eigenvalue weighted by Gasteiger charge is -2.24. The van der Waals surface area contributed by atoms with E-state index in [1.165, 1.54) is 24.8 Å². The maximum Gasteiger partial charge on any atom is 0.119 e. The average Bonchev–Trinajstić information content (AvgIpc) is 2.54. The second kappa shape index (κ2) is 8.54. The van der Waals surface area contributed by atoms with Crippen LogP contribution in [0.5, 0.6) is 5.75 Å². The summed E-state index contributed by atoms with van der Waals surface area (Å²) in [5, 5.41) is 3.71. The molecule has 0 amide bonds. The van der Waals surface area contributed by atoms with Gasteiger partial charge in [-0.2, -0.15) is 0 Å². The monoisotopic (exact) mass is 309 g/mol. The zero-order chi connectivity index (χ0) is 15.1. The molecule has 2 rings (SSSR count). The van der Waals surface area contributed by atoms with Crippen molar-refractivity contribution < 1.29 is 8.95 Å². The highest BCUT2D eigenvalue weighted by Crippen LogP contribution is 2.25. The summed E-state index contributed by atoms with van der Waals surface area (Å²) in [4.78, 5) is 0. The van der Waals surface area contributed by atoms with Crippen molar-refractivity contribution >= 4 is 10.8 Å². The van der Waals surface area contributed by atoms with Crippen LogP contribution in [0.1, 0.15) is 50.6 Å². The van der Waals surface area contributed by atoms with Crippen molar-refractivity contribution in [1.29, 1.82) is 0 Å². The van der Waals surface area contributed by atoms with Gasteiger partial charge < -0.3 is 10.1 Å². The molecule has 1 fully saturated rings. The molecule has 2 atom stereocenters. The largest absolute Gasteiger partial charge is 0.494 e. The van der Waals surface area contributed by atoms with Crippen LogP contribution < -0.4 is 10.1 Å². The molecular formula is C17H27NO2S. The second-order valence-electron chi connectivity index (χ2n) is 5.65. The van der Waals surface area contributed by atoms with Crippen molar-refractivity contribution in [2.75, 3.05) is 19.4 Å². The summed E-state index contributed by atoms with van der Waals surface area (Å²) in [6.45, 7) is 2.66. The van der Waals surface area contributed by atoms with Gasteiger partial charge in [-0.25, -0.2) is 0 Å². The highest BCUT2D eigenvalue weighted by molar-refractivity contribution is 7.85. The van der Waals surface area contributed by atoms with Crippen LogP contribution in [0.4, 0.5) is 0 Å². The molecule has 1 saturated carbocycles. The van der Waals surface area contributed by atoms with Gasteiger partial charge in [-0.3, -0.25) is 4.21 Å². The van der Waals surface area contributed by atoms with Crippen molar-refractivity contribution in [1.82, 2.24) is 5.32 Å². The Labute approximate surface area is 130 Å². The van der Waals surface area contributed by atoms with Gasteiger partial charge in [0.2, 0.25) is 0 Å². The Morgan fingerprint density at radius 2 is 1.90 bits per heavy atom. The first-order chi connectivity index (χ1) is 10.2. The van der Waals surface area contributed by atoms with Gasteiger partial charge in [-0.15, -0.1) is 0 Å². The smallest absolute Gasteiger partial charge is 0.119 e. The lowest BCUT2D eigenvalue weighted by Crippen LogP contribution is -2.28. The van der Waals surface area contributed by atoms with Gasteiger partial charge in [0.05, 0.1) is 6.61 Å². The molecule has 118 valence electrons. The highest BCUT2D eigenvalue weighted by Gasteiger charge is 2.22. The van der Waals surface area contributed by atoms with E-state index in [1.54, 1.807) is 0 Å². The number of hydrogen-bond acceptors (Lipinski definition) is 3. The lowest BCUT2D eigenvalue weighted by atomic mass is 10.0. The Balaban J connectivity index is 1.96. The fourth-order valence-electron chi connectivity index (χ4n) is 2.94. The van der Waals surface area contributed by atoms with Crippen LogP contribution in [-0.4, -0.2) is 28.9 Å². The summed E-state index contributed by atoms with van der Waals surface area (Å²) in [5.41, 5.74) is 1.19. The topological polar surface area (TPSA) is 38.3 Å². The standard InChI is InChI=1S/C17H27NO2S/c1-3-20-15-11-9-14(10-12-15)17(18-2)13-21(19)16-7-5-4-6-8-16/h9-12,16-18H,3-8,13H2,1-2H3. The maximum atomic E-state index is 12.6. The molecule has 0 aliphatic heterocycles. The molecule has 3 nitrogen and oxygen atoms in total. The highest BCUT2D eigenvalue weighted by atomic mass is 32.2. The van der Waals surface area contributed by atoms with E-state index in [4.69, 9.17) is 4.74 Å². The van der Waals surface area contributed by atoms with E-state index in [1.807, 2.05) is 26.1 Å². The Morgan fingerprint density at radius 3 is 2.48 bits per heavy atom. The van der Waals surface area contributed by atoms with Crippen LogP contribution in [0.25, 0.3) is 0 Å². The molecule has 0 bridgehead atoms. The summed E-state index contributed by atoms with van der Waals surface area (Å²) < 4.78 is 18.0. The van der Waals surface area contributed by atoms with Crippen molar-refractivity contribution in [2.24, 2.45) is 0 Å². The first-order valence-electron chi connectivity index (χ1n) is 8.01. The van der Waals surface area contributed by atoms with Crippen molar-refractivity contribution in [3.63, 3.8) is 0 Å². The Kier molecular flexibility index (Phi) is 6.71. The predicted octanol–water partition coefficient (Wildman–Crippen LogP) is 3.43. The number of nitrogens with one attached hydrogen (secondary N) is 1. The molecule has 1 N–H and O–H groups in total. The van der Waals surface area contributed by atoms with E-state index < -0.39 is 10.8 Å². The van der Waals surface area contributed by atoms with E-state index >= 15 is 0 Å². The lowest BCUT2D eigenvalue weighted by molar-refractivity contribution is 0.340. The molecule has 0 radical (unpaired) electrons. The van der Waals surface area contributed by atoms with E-state index in [2.05, 4.69) is 17.4 Å². The minimum absolute atomic E-state index is 0.156. The van der Waals surface area contributed by atoms with Gasteiger partial charge in [0, 0.05) is 27.8 Å². The summed E-state index contributed by atoms with van der Waals surface area (Å²) >= 11 is 0. The molecule has 0 saturated heterocycles. The van der Waals surface area contributed by atoms with E-state index in [0.717, 1.165) is 18.6 Å². The average molecular weight is 309 g/mol. The summed E-state index contributed by atoms with van der Waals surface area (Å²) in [6.07, 6.45) is 6.05. The third-order valence-corrected chi connectivity index (χ3v) is 6.07. The fraction of sp³-hybridized carbons (Fsp3) is 0.647. The molecule has 0 spiro atoms. The van der Waals surface area contributed by atoms with E-state index in [0.29, 0.717) is 17.6 Å². The Hall–Kier alpha value is -0.870. The molecule has 1 aliphatic carbocycles. The predicted molar refractivity (Wildman–Crippen MR) is 89.3 cm³/mol. The minimum atomic E-state index is -0.739. The second-order valence-corrected chi connectivity index (χ2v) is 7.41. The Bertz CT molecular complexity index is 441. The first kappa shape index (κ1) is 16.5. The summed E-state index contributed by atoms with van der Waals surface area (Å²) in [5.74, 6) is 1.60. The van der Waals surface area contributed by atoms with Crippen LogP contribution in [0, 0.1) is 0 Å². The molecule has 21 heavy (non-hydrogen) atoms. The summed E-state index contributed by atoms with van der Waals surface area (Å²) in [7, 11) is 1.20. The van der Waals surface area contributed by atoms with Crippen LogP contribution in [0.15, 0.2) is 24.3 Å². The molecule has 0 heterocycles. The van der Waals surface area contributed by atoms with Gasteiger partial charge in [0.25, 0.3) is 0 Å². The van der Waals surface area contributed by atoms with Gasteiger partial charge in [0.15, 0.2) is 0 Å². The molecule has 1 aromatic rings. The number of hydrogen-bond donors (Lipinski definition) is 1. The van der Waals surface area contributed by atoms with Crippen molar-refractivity contribution in [2.45, 2.75) is 50.3 Å². The summed E-state index contributed by atoms with van der Waals surface area (Å²) in [6, 6.07) is 8.29. The first-order valence-corrected chi connectivity index (χ1v) is 9.40. The molecule has 1 aromatic carbocycles. The van der Waals surface area contributed by atoms with Gasteiger partial charge >= 0.3 is 0 Å². The van der Waals surface area contributed by atoms with Crippen molar-refractivity contribution in [3.05, 3.63) is 29.8 Å². The number of rotatable bonds is 7. The van der Waals surface area contributed by atoms with Gasteiger partial charge in [-0.05, 0) is 44.5 Å². The molecule has 4 heteroatoms. The van der Waals surface area contributed by atoms with Crippen LogP contribution in [0.2, 0.25) is 0 Å². The van der Waals surface area contributed by atoms with E-state index in [-0.39, 0.29) is 6.04 Å². The molecule has 1 aliphatic rings. The minimum Gasteiger partial charge on any atom is -0.494 e. The number of benzene rings is 1. The third kappa shape index (κ3) is 4.82. The van der Waals surface area contributed by atoms with Crippen LogP contribution in [-0.2, 0) is 10.8 Å². The Morgan fingerprint density at radius 1 is 1.24 bits per heavy atom. The van der Waals surface area contributed by atoms with Gasteiger partial charge in [-0.1, -0.05) is 31.4 Å². The molecular weight excluding hydrogens is 282 g/mol. The SMILES string of the molecule is CCOc1ccc(C(CS(=O)C2CCCCC2)NC)cc1. The normalized spacial score (nSPS) is 19.1. The zero-order valence-electron chi connectivity index (χ0n) is 13.1. The quantitative estimate of drug-likeness (QED) is 0.838.